The molecular formula is C9H22Si. The molecule has 10 heavy (non-hydrogen) atoms. The smallest absolute Gasteiger partial charge is 0.0480 e. The predicted molar refractivity (Wildman–Crippen MR) is 54.3 cm³/mol. The third kappa shape index (κ3) is 24.6. The van der Waals surface area contributed by atoms with Crippen molar-refractivity contribution >= 4 is 8.07 Å². The normalized spacial score (nSPS) is 9.70. The Kier molecular flexibility index (Phi) is 8.92. The molecule has 0 radical (unpaired) electrons. The lowest BCUT2D eigenvalue weighted by atomic mass is 10.6. The zero-order valence-corrected chi connectivity index (χ0v) is 9.20. The van der Waals surface area contributed by atoms with E-state index in [9.17, 15) is 0 Å². The fraction of sp³-hybridized carbons (Fsp3) is 0.778. The molecule has 0 aromatic rings. The summed E-state index contributed by atoms with van der Waals surface area (Å²) < 4.78 is 0. The standard InChI is InChI=1S/C6H14Si.C3H8/c1-5-6-7(2,3)4;1-3-2/h5H,1,6H2,2-4H3;3H2,1-2H3. The molecule has 0 unspecified atom stereocenters. The molecule has 0 bridgehead atoms. The highest BCUT2D eigenvalue weighted by Gasteiger charge is 2.08. The molecule has 0 saturated carbocycles. The van der Waals surface area contributed by atoms with E-state index in [1.54, 1.807) is 0 Å². The van der Waals surface area contributed by atoms with E-state index in [1.165, 1.54) is 12.5 Å². The minimum absolute atomic E-state index is 0.775. The van der Waals surface area contributed by atoms with Crippen LogP contribution in [-0.2, 0) is 0 Å². The monoisotopic (exact) mass is 158 g/mol. The molecule has 0 aliphatic heterocycles. The molecule has 0 atom stereocenters. The SMILES string of the molecule is C=CC[Si](C)(C)C.CCC. The second-order valence-corrected chi connectivity index (χ2v) is 9.29. The Bertz CT molecular complexity index is 69.3. The third-order valence-corrected chi connectivity index (χ3v) is 2.27. The van der Waals surface area contributed by atoms with Gasteiger partial charge in [-0.15, -0.1) is 6.58 Å². The second-order valence-electron chi connectivity index (χ2n) is 3.76. The number of allylic oxidation sites excluding steroid dienone is 1. The van der Waals surface area contributed by atoms with Crippen LogP contribution in [0.15, 0.2) is 12.7 Å². The topological polar surface area (TPSA) is 0 Å². The van der Waals surface area contributed by atoms with E-state index in [4.69, 9.17) is 0 Å². The molecular weight excluding hydrogens is 136 g/mol. The van der Waals surface area contributed by atoms with Gasteiger partial charge >= 0.3 is 0 Å². The van der Waals surface area contributed by atoms with Crippen LogP contribution in [-0.4, -0.2) is 8.07 Å². The lowest BCUT2D eigenvalue weighted by Crippen LogP contribution is -2.16. The van der Waals surface area contributed by atoms with Gasteiger partial charge in [0.15, 0.2) is 0 Å². The van der Waals surface area contributed by atoms with E-state index in [0.717, 1.165) is 0 Å². The molecule has 62 valence electrons. The number of rotatable bonds is 2. The maximum Gasteiger partial charge on any atom is 0.0480 e. The van der Waals surface area contributed by atoms with Gasteiger partial charge < -0.3 is 0 Å². The van der Waals surface area contributed by atoms with Crippen molar-refractivity contribution in [3.63, 3.8) is 0 Å². The van der Waals surface area contributed by atoms with Gasteiger partial charge in [-0.2, -0.15) is 0 Å². The van der Waals surface area contributed by atoms with Crippen LogP contribution >= 0.6 is 0 Å². The molecule has 0 rings (SSSR count). The van der Waals surface area contributed by atoms with Crippen molar-refractivity contribution in [3.05, 3.63) is 12.7 Å². The van der Waals surface area contributed by atoms with E-state index in [-0.39, 0.29) is 0 Å². The Morgan fingerprint density at radius 3 is 1.50 bits per heavy atom. The molecule has 0 N–H and O–H groups in total. The molecule has 0 saturated heterocycles. The summed E-state index contributed by atoms with van der Waals surface area (Å²) in [6.07, 6.45) is 3.27. The first-order chi connectivity index (χ1) is 4.47. The largest absolute Gasteiger partial charge is 0.103 e. The van der Waals surface area contributed by atoms with Crippen molar-refractivity contribution in [3.8, 4) is 0 Å². The minimum Gasteiger partial charge on any atom is -0.103 e. The van der Waals surface area contributed by atoms with Crippen LogP contribution in [0.25, 0.3) is 0 Å². The lowest BCUT2D eigenvalue weighted by molar-refractivity contribution is 1.09. The first-order valence-electron chi connectivity index (χ1n) is 4.08. The Balaban J connectivity index is 0. The Morgan fingerprint density at radius 1 is 1.20 bits per heavy atom. The summed E-state index contributed by atoms with van der Waals surface area (Å²) in [7, 11) is -0.775. The number of hydrogen-bond donors (Lipinski definition) is 0. The van der Waals surface area contributed by atoms with Gasteiger partial charge in [0.05, 0.1) is 0 Å². The summed E-state index contributed by atoms with van der Waals surface area (Å²) in [5.41, 5.74) is 0. The van der Waals surface area contributed by atoms with Gasteiger partial charge in [0.25, 0.3) is 0 Å². The van der Waals surface area contributed by atoms with Crippen molar-refractivity contribution in [2.75, 3.05) is 0 Å². The van der Waals surface area contributed by atoms with Gasteiger partial charge in [-0.1, -0.05) is 46.0 Å². The maximum atomic E-state index is 3.68. The lowest BCUT2D eigenvalue weighted by Gasteiger charge is -2.10. The van der Waals surface area contributed by atoms with Gasteiger partial charge in [-0.05, 0) is 6.04 Å². The van der Waals surface area contributed by atoms with Crippen LogP contribution in [0.4, 0.5) is 0 Å². The van der Waals surface area contributed by atoms with Crippen LogP contribution < -0.4 is 0 Å². The fourth-order valence-corrected chi connectivity index (χ4v) is 1.30. The molecule has 0 fully saturated rings. The third-order valence-electron chi connectivity index (χ3n) is 0.757. The Labute approximate surface area is 67.4 Å². The van der Waals surface area contributed by atoms with E-state index in [0.29, 0.717) is 0 Å². The summed E-state index contributed by atoms with van der Waals surface area (Å²) in [4.78, 5) is 0. The van der Waals surface area contributed by atoms with Crippen molar-refractivity contribution in [2.45, 2.75) is 46.0 Å². The van der Waals surface area contributed by atoms with Crippen molar-refractivity contribution < 1.29 is 0 Å². The highest BCUT2D eigenvalue weighted by atomic mass is 28.3. The van der Waals surface area contributed by atoms with E-state index in [1.807, 2.05) is 6.08 Å². The van der Waals surface area contributed by atoms with Crippen LogP contribution in [0.1, 0.15) is 20.3 Å². The van der Waals surface area contributed by atoms with Gasteiger partial charge in [-0.3, -0.25) is 0 Å². The zero-order valence-electron chi connectivity index (χ0n) is 8.20. The molecule has 0 nitrogen and oxygen atoms in total. The van der Waals surface area contributed by atoms with E-state index >= 15 is 0 Å². The van der Waals surface area contributed by atoms with Crippen LogP contribution in [0, 0.1) is 0 Å². The van der Waals surface area contributed by atoms with Gasteiger partial charge in [0, 0.05) is 8.07 Å². The number of hydrogen-bond acceptors (Lipinski definition) is 0. The summed E-state index contributed by atoms with van der Waals surface area (Å²) >= 11 is 0. The second kappa shape index (κ2) is 7.07. The molecule has 0 amide bonds. The molecule has 0 aromatic heterocycles. The quantitative estimate of drug-likeness (QED) is 0.422. The molecule has 0 aromatic carbocycles. The first kappa shape index (κ1) is 12.6. The summed E-state index contributed by atoms with van der Waals surface area (Å²) in [6, 6.07) is 1.24. The van der Waals surface area contributed by atoms with Crippen LogP contribution in [0.2, 0.25) is 25.7 Å². The zero-order chi connectivity index (χ0) is 8.62. The molecule has 0 spiro atoms. The van der Waals surface area contributed by atoms with Crippen molar-refractivity contribution in [2.24, 2.45) is 0 Å². The van der Waals surface area contributed by atoms with Crippen LogP contribution in [0.3, 0.4) is 0 Å². The molecule has 1 heteroatoms. The average Bonchev–Trinajstić information content (AvgIpc) is 1.63. The Hall–Kier alpha value is -0.0431. The Morgan fingerprint density at radius 2 is 1.50 bits per heavy atom. The van der Waals surface area contributed by atoms with Crippen LogP contribution in [0.5, 0.6) is 0 Å². The minimum atomic E-state index is -0.775. The van der Waals surface area contributed by atoms with E-state index in [2.05, 4.69) is 40.1 Å². The van der Waals surface area contributed by atoms with Crippen molar-refractivity contribution in [1.82, 2.24) is 0 Å². The summed E-state index contributed by atoms with van der Waals surface area (Å²) in [6.45, 7) is 15.0. The van der Waals surface area contributed by atoms with Gasteiger partial charge in [0.1, 0.15) is 0 Å². The molecule has 0 heterocycles. The fourth-order valence-electron chi connectivity index (χ4n) is 0.433. The van der Waals surface area contributed by atoms with Gasteiger partial charge in [0.2, 0.25) is 0 Å². The average molecular weight is 158 g/mol. The molecule has 0 aliphatic rings. The predicted octanol–water partition coefficient (Wildman–Crippen LogP) is 3.93. The highest BCUT2D eigenvalue weighted by Crippen LogP contribution is 2.06. The van der Waals surface area contributed by atoms with Crippen molar-refractivity contribution in [1.29, 1.82) is 0 Å². The molecule has 0 aliphatic carbocycles. The highest BCUT2D eigenvalue weighted by molar-refractivity contribution is 6.76. The summed E-state index contributed by atoms with van der Waals surface area (Å²) in [5, 5.41) is 0. The van der Waals surface area contributed by atoms with E-state index < -0.39 is 8.07 Å². The maximum absolute atomic E-state index is 3.68. The van der Waals surface area contributed by atoms with Gasteiger partial charge in [-0.25, -0.2) is 0 Å². The first-order valence-corrected chi connectivity index (χ1v) is 7.79. The summed E-state index contributed by atoms with van der Waals surface area (Å²) in [5.74, 6) is 0.